The summed E-state index contributed by atoms with van der Waals surface area (Å²) in [5, 5.41) is 0. The Hall–Kier alpha value is -0.600. The van der Waals surface area contributed by atoms with Crippen LogP contribution in [0.25, 0.3) is 4.13 Å². The second-order valence-corrected chi connectivity index (χ2v) is 8.29. The summed E-state index contributed by atoms with van der Waals surface area (Å²) in [6, 6.07) is 0. The number of nitrogens with zero attached hydrogens (tertiary/aromatic N) is 1. The highest BCUT2D eigenvalue weighted by molar-refractivity contribution is 8.13. The van der Waals surface area contributed by atoms with Crippen LogP contribution in [0.3, 0.4) is 0 Å². The first-order valence-electron chi connectivity index (χ1n) is 6.24. The highest BCUT2D eigenvalue weighted by Crippen LogP contribution is 2.36. The van der Waals surface area contributed by atoms with Crippen molar-refractivity contribution >= 4 is 20.0 Å². The molecule has 2 unspecified atom stereocenters. The van der Waals surface area contributed by atoms with Crippen LogP contribution >= 0.6 is 0 Å². The van der Waals surface area contributed by atoms with Crippen molar-refractivity contribution in [1.82, 2.24) is 0 Å². The van der Waals surface area contributed by atoms with Gasteiger partial charge in [-0.15, -0.1) is 0 Å². The van der Waals surface area contributed by atoms with Crippen LogP contribution < -0.4 is 4.90 Å². The fourth-order valence-corrected chi connectivity index (χ4v) is 3.39. The molecule has 0 bridgehead atoms. The molecular weight excluding hydrogens is 378 g/mol. The highest BCUT2D eigenvalue weighted by atomic mass is 32.3. The molecule has 0 aromatic carbocycles. The molecular formula is C9H16F6N2O4S2. The molecule has 0 saturated carbocycles. The summed E-state index contributed by atoms with van der Waals surface area (Å²) in [6.45, 7) is 8.77. The van der Waals surface area contributed by atoms with Gasteiger partial charge in [-0.1, -0.05) is 6.92 Å². The second-order valence-electron chi connectivity index (χ2n) is 4.87. The number of alkyl halides is 6. The van der Waals surface area contributed by atoms with E-state index in [0.717, 1.165) is 10.0 Å². The molecule has 23 heavy (non-hydrogen) atoms. The third kappa shape index (κ3) is 6.81. The molecule has 0 spiro atoms. The van der Waals surface area contributed by atoms with Gasteiger partial charge in [0.15, 0.2) is 20.0 Å². The van der Waals surface area contributed by atoms with E-state index in [-0.39, 0.29) is 0 Å². The zero-order valence-electron chi connectivity index (χ0n) is 12.1. The lowest BCUT2D eigenvalue weighted by Gasteiger charge is -2.22. The van der Waals surface area contributed by atoms with Gasteiger partial charge in [0.05, 0.1) is 19.6 Å². The number of likely N-dealkylation sites (tertiary alicyclic amines) is 1. The van der Waals surface area contributed by atoms with Gasteiger partial charge in [0.1, 0.15) is 0 Å². The Morgan fingerprint density at radius 3 is 1.57 bits per heavy atom. The fraction of sp³-hybridized carbons (Fsp3) is 1.00. The average Bonchev–Trinajstić information content (AvgIpc) is 2.71. The third-order valence-electron chi connectivity index (χ3n) is 2.91. The summed E-state index contributed by atoms with van der Waals surface area (Å²) in [4.78, 5) is 1.79. The van der Waals surface area contributed by atoms with Gasteiger partial charge in [-0.2, -0.15) is 26.3 Å². The molecule has 0 aromatic rings. The van der Waals surface area contributed by atoms with Crippen molar-refractivity contribution in [3.63, 3.8) is 0 Å². The van der Waals surface area contributed by atoms with Gasteiger partial charge in [0.25, 0.3) is 0 Å². The van der Waals surface area contributed by atoms with Crippen molar-refractivity contribution < 1.29 is 48.1 Å². The molecule has 140 valence electrons. The van der Waals surface area contributed by atoms with Crippen molar-refractivity contribution in [2.45, 2.75) is 31.3 Å². The van der Waals surface area contributed by atoms with E-state index in [4.69, 9.17) is 0 Å². The Bertz CT molecular complexity index is 542. The molecule has 0 radical (unpaired) electrons. The van der Waals surface area contributed by atoms with Crippen LogP contribution in [0.15, 0.2) is 0 Å². The lowest BCUT2D eigenvalue weighted by Crippen LogP contribution is -3.09. The molecule has 1 aliphatic rings. The molecule has 2 atom stereocenters. The number of nitrogens with one attached hydrogen (secondary N) is 1. The first-order chi connectivity index (χ1) is 10.0. The van der Waals surface area contributed by atoms with Crippen LogP contribution in [0.2, 0.25) is 0 Å². The Kier molecular flexibility index (Phi) is 7.33. The number of hydrogen-bond donors (Lipinski definition) is 1. The van der Waals surface area contributed by atoms with E-state index < -0.39 is 31.1 Å². The van der Waals surface area contributed by atoms with Crippen LogP contribution in [-0.2, 0) is 20.0 Å². The van der Waals surface area contributed by atoms with E-state index in [1.807, 2.05) is 0 Å². The lowest BCUT2D eigenvalue weighted by molar-refractivity contribution is -0.886. The summed E-state index contributed by atoms with van der Waals surface area (Å²) in [6.07, 6.45) is 1.45. The van der Waals surface area contributed by atoms with Crippen molar-refractivity contribution in [3.8, 4) is 0 Å². The smallest absolute Gasteiger partial charge is 0.421 e. The van der Waals surface area contributed by atoms with E-state index in [1.54, 1.807) is 4.90 Å². The molecule has 6 nitrogen and oxygen atoms in total. The largest absolute Gasteiger partial charge is 0.480 e. The van der Waals surface area contributed by atoms with E-state index in [2.05, 4.69) is 13.8 Å². The Balaban J connectivity index is 0.000000502. The van der Waals surface area contributed by atoms with E-state index in [9.17, 15) is 43.2 Å². The Morgan fingerprint density at radius 2 is 1.39 bits per heavy atom. The van der Waals surface area contributed by atoms with Crippen molar-refractivity contribution in [2.24, 2.45) is 5.92 Å². The van der Waals surface area contributed by atoms with Gasteiger partial charge in [0, 0.05) is 12.3 Å². The van der Waals surface area contributed by atoms with Crippen molar-refractivity contribution in [1.29, 1.82) is 0 Å². The minimum Gasteiger partial charge on any atom is -0.421 e. The highest BCUT2D eigenvalue weighted by Gasteiger charge is 2.46. The normalized spacial score (nSPS) is 23.3. The first kappa shape index (κ1) is 22.4. The number of sulfonamides is 2. The molecule has 1 N–H and O–H groups in total. The van der Waals surface area contributed by atoms with Crippen LogP contribution in [0.5, 0.6) is 0 Å². The van der Waals surface area contributed by atoms with E-state index in [1.165, 1.54) is 26.1 Å². The minimum atomic E-state index is -6.72. The average molecular weight is 394 g/mol. The summed E-state index contributed by atoms with van der Waals surface area (Å²) in [7, 11) is -13.4. The SMILES string of the molecule is CC[NH+]1CCC(C)C1.O=S(=O)([N-]S(=O)(=O)C(F)(F)F)C(F)(F)F. The van der Waals surface area contributed by atoms with Gasteiger partial charge < -0.3 is 9.03 Å². The second kappa shape index (κ2) is 7.53. The molecule has 1 heterocycles. The molecule has 0 aromatic heterocycles. The number of rotatable bonds is 3. The van der Waals surface area contributed by atoms with Gasteiger partial charge in [-0.25, -0.2) is 16.8 Å². The van der Waals surface area contributed by atoms with Crippen molar-refractivity contribution in [3.05, 3.63) is 4.13 Å². The quantitative estimate of drug-likeness (QED) is 0.724. The predicted molar refractivity (Wildman–Crippen MR) is 68.3 cm³/mol. The molecule has 0 aliphatic carbocycles. The number of halogens is 6. The number of quaternary nitrogens is 1. The van der Waals surface area contributed by atoms with Crippen LogP contribution in [0, 0.1) is 5.92 Å². The Morgan fingerprint density at radius 1 is 1.00 bits per heavy atom. The van der Waals surface area contributed by atoms with Gasteiger partial charge in [-0.05, 0) is 6.92 Å². The fourth-order valence-electron chi connectivity index (χ4n) is 1.68. The minimum absolute atomic E-state index is 0.778. The maximum absolute atomic E-state index is 11.4. The van der Waals surface area contributed by atoms with Gasteiger partial charge >= 0.3 is 11.0 Å². The van der Waals surface area contributed by atoms with Crippen LogP contribution in [0.1, 0.15) is 20.3 Å². The number of hydrogen-bond acceptors (Lipinski definition) is 4. The molecule has 14 heteroatoms. The predicted octanol–water partition coefficient (Wildman–Crippen LogP) is 0.990. The molecule has 1 aliphatic heterocycles. The maximum atomic E-state index is 11.4. The summed E-state index contributed by atoms with van der Waals surface area (Å²) >= 11 is 0. The molecule has 1 rings (SSSR count). The first-order valence-corrected chi connectivity index (χ1v) is 9.12. The summed E-state index contributed by atoms with van der Waals surface area (Å²) < 4.78 is 109. The zero-order valence-corrected chi connectivity index (χ0v) is 13.7. The standard InChI is InChI=1S/C7H15N.C2F6NO4S2/c1-3-8-5-4-7(2)6-8;3-1(4,5)14(10,11)9-15(12,13)2(6,7)8/h7H,3-6H2,1-2H3;/q;-1/p+1. The third-order valence-corrected chi connectivity index (χ3v) is 5.65. The van der Waals surface area contributed by atoms with Gasteiger partial charge in [-0.3, -0.25) is 0 Å². The summed E-state index contributed by atoms with van der Waals surface area (Å²) in [5.74, 6) is 0.991. The van der Waals surface area contributed by atoms with E-state index >= 15 is 0 Å². The lowest BCUT2D eigenvalue weighted by atomic mass is 10.2. The van der Waals surface area contributed by atoms with Crippen LogP contribution in [0.4, 0.5) is 26.3 Å². The summed E-state index contributed by atoms with van der Waals surface area (Å²) in [5.41, 5.74) is -12.4. The van der Waals surface area contributed by atoms with Crippen LogP contribution in [-0.4, -0.2) is 47.5 Å². The molecule has 0 amide bonds. The Labute approximate surface area is 129 Å². The molecule has 1 fully saturated rings. The molecule has 1 saturated heterocycles. The van der Waals surface area contributed by atoms with Gasteiger partial charge in [0.2, 0.25) is 0 Å². The zero-order chi connectivity index (χ0) is 18.7. The topological polar surface area (TPSA) is 86.8 Å². The van der Waals surface area contributed by atoms with E-state index in [0.29, 0.717) is 0 Å². The monoisotopic (exact) mass is 394 g/mol. The van der Waals surface area contributed by atoms with Crippen molar-refractivity contribution in [2.75, 3.05) is 19.6 Å². The maximum Gasteiger partial charge on any atom is 0.480 e.